The molecule has 2 rings (SSSR count). The van der Waals surface area contributed by atoms with Crippen LogP contribution in [0.4, 0.5) is 0 Å². The van der Waals surface area contributed by atoms with Gasteiger partial charge in [-0.2, -0.15) is 0 Å². The van der Waals surface area contributed by atoms with Gasteiger partial charge in [-0.3, -0.25) is 4.79 Å². The monoisotopic (exact) mass is 232 g/mol. The van der Waals surface area contributed by atoms with Gasteiger partial charge in [-0.05, 0) is 29.1 Å². The quantitative estimate of drug-likeness (QED) is 0.816. The minimum absolute atomic E-state index is 0.189. The number of aryl methyl sites for hydroxylation is 1. The first-order valence-corrected chi connectivity index (χ1v) is 5.59. The highest BCUT2D eigenvalue weighted by molar-refractivity contribution is 5.81. The van der Waals surface area contributed by atoms with Crippen molar-refractivity contribution in [2.75, 3.05) is 7.11 Å². The lowest BCUT2D eigenvalue weighted by Gasteiger charge is -2.05. The Bertz CT molecular complexity index is 531. The van der Waals surface area contributed by atoms with E-state index in [0.29, 0.717) is 19.5 Å². The average molecular weight is 232 g/mol. The molecule has 0 fully saturated rings. The smallest absolute Gasteiger partial charge is 0.307 e. The Kier molecular flexibility index (Phi) is 3.44. The maximum Gasteiger partial charge on any atom is 0.307 e. The topological polar surface area (TPSA) is 57.2 Å². The van der Waals surface area contributed by atoms with Crippen LogP contribution in [0.25, 0.3) is 10.9 Å². The highest BCUT2D eigenvalue weighted by Crippen LogP contribution is 2.18. The summed E-state index contributed by atoms with van der Waals surface area (Å²) in [5.74, 6) is -0.189. The summed E-state index contributed by atoms with van der Waals surface area (Å²) in [5, 5.41) is 1.15. The van der Waals surface area contributed by atoms with Crippen LogP contribution < -0.4 is 5.73 Å². The van der Waals surface area contributed by atoms with E-state index in [0.717, 1.165) is 16.5 Å². The van der Waals surface area contributed by atoms with E-state index in [9.17, 15) is 4.79 Å². The van der Waals surface area contributed by atoms with Crippen LogP contribution in [-0.4, -0.2) is 17.6 Å². The van der Waals surface area contributed by atoms with Gasteiger partial charge in [0.2, 0.25) is 0 Å². The van der Waals surface area contributed by atoms with Crippen molar-refractivity contribution in [1.29, 1.82) is 0 Å². The van der Waals surface area contributed by atoms with Crippen molar-refractivity contribution >= 4 is 16.9 Å². The number of hydrogen-bond donors (Lipinski definition) is 1. The van der Waals surface area contributed by atoms with Gasteiger partial charge in [0.05, 0.1) is 13.5 Å². The summed E-state index contributed by atoms with van der Waals surface area (Å²) >= 11 is 0. The van der Waals surface area contributed by atoms with Gasteiger partial charge in [0.25, 0.3) is 0 Å². The number of nitrogens with zero attached hydrogens (tertiary/aromatic N) is 1. The zero-order valence-electron chi connectivity index (χ0n) is 9.85. The molecule has 17 heavy (non-hydrogen) atoms. The molecular formula is C13H16N2O2. The van der Waals surface area contributed by atoms with Crippen LogP contribution in [0, 0.1) is 0 Å². The average Bonchev–Trinajstić information content (AvgIpc) is 2.77. The molecule has 0 amide bonds. The molecule has 0 atom stereocenters. The third-order valence-electron chi connectivity index (χ3n) is 2.86. The van der Waals surface area contributed by atoms with Crippen LogP contribution >= 0.6 is 0 Å². The van der Waals surface area contributed by atoms with E-state index in [2.05, 4.69) is 10.8 Å². The van der Waals surface area contributed by atoms with E-state index in [1.54, 1.807) is 0 Å². The highest BCUT2D eigenvalue weighted by Gasteiger charge is 2.04. The molecule has 0 saturated carbocycles. The Morgan fingerprint density at radius 1 is 1.41 bits per heavy atom. The molecule has 0 aliphatic rings. The number of carbonyl (C=O) groups is 1. The van der Waals surface area contributed by atoms with Crippen LogP contribution in [0.15, 0.2) is 30.5 Å². The van der Waals surface area contributed by atoms with Crippen molar-refractivity contribution in [3.63, 3.8) is 0 Å². The second kappa shape index (κ2) is 5.01. The van der Waals surface area contributed by atoms with Crippen molar-refractivity contribution in [2.24, 2.45) is 5.73 Å². The summed E-state index contributed by atoms with van der Waals surface area (Å²) in [7, 11) is 1.41. The van der Waals surface area contributed by atoms with Crippen molar-refractivity contribution in [3.05, 3.63) is 36.0 Å². The molecule has 0 aliphatic carbocycles. The van der Waals surface area contributed by atoms with Gasteiger partial charge in [0.1, 0.15) is 0 Å². The molecular weight excluding hydrogens is 216 g/mol. The predicted molar refractivity (Wildman–Crippen MR) is 66.5 cm³/mol. The molecule has 2 aromatic rings. The number of fused-ring (bicyclic) bond motifs is 1. The van der Waals surface area contributed by atoms with E-state index in [-0.39, 0.29) is 5.97 Å². The fourth-order valence-electron chi connectivity index (χ4n) is 1.89. The molecule has 2 N–H and O–H groups in total. The van der Waals surface area contributed by atoms with Crippen molar-refractivity contribution in [2.45, 2.75) is 19.5 Å². The molecule has 0 radical (unpaired) electrons. The molecule has 0 bridgehead atoms. The molecule has 0 unspecified atom stereocenters. The van der Waals surface area contributed by atoms with Crippen molar-refractivity contribution in [1.82, 2.24) is 4.57 Å². The second-order valence-corrected chi connectivity index (χ2v) is 3.93. The van der Waals surface area contributed by atoms with E-state index in [1.165, 1.54) is 7.11 Å². The zero-order chi connectivity index (χ0) is 12.3. The highest BCUT2D eigenvalue weighted by atomic mass is 16.5. The molecule has 1 aromatic carbocycles. The molecule has 0 aliphatic heterocycles. The van der Waals surface area contributed by atoms with Gasteiger partial charge in [0.15, 0.2) is 0 Å². The summed E-state index contributed by atoms with van der Waals surface area (Å²) in [6.45, 7) is 1.18. The summed E-state index contributed by atoms with van der Waals surface area (Å²) in [6, 6.07) is 8.15. The Hall–Kier alpha value is -1.81. The number of aromatic nitrogens is 1. The molecule has 90 valence electrons. The SMILES string of the molecule is COC(=O)CCn1ccc2cc(CN)ccc21. The minimum atomic E-state index is -0.189. The number of rotatable bonds is 4. The number of benzene rings is 1. The Labute approximate surface area is 100.0 Å². The maximum atomic E-state index is 11.1. The van der Waals surface area contributed by atoms with Gasteiger partial charge in [-0.15, -0.1) is 0 Å². The first kappa shape index (κ1) is 11.7. The summed E-state index contributed by atoms with van der Waals surface area (Å²) in [4.78, 5) is 11.1. The molecule has 4 heteroatoms. The van der Waals surface area contributed by atoms with Gasteiger partial charge in [-0.1, -0.05) is 6.07 Å². The van der Waals surface area contributed by atoms with E-state index >= 15 is 0 Å². The fourth-order valence-corrected chi connectivity index (χ4v) is 1.89. The van der Waals surface area contributed by atoms with Crippen LogP contribution in [0.2, 0.25) is 0 Å². The summed E-state index contributed by atoms with van der Waals surface area (Å²) in [6.07, 6.45) is 2.37. The largest absolute Gasteiger partial charge is 0.469 e. The standard InChI is InChI=1S/C13H16N2O2/c1-17-13(16)5-7-15-6-4-11-8-10(9-14)2-3-12(11)15/h2-4,6,8H,5,7,9,14H2,1H3. The zero-order valence-corrected chi connectivity index (χ0v) is 9.85. The number of nitrogens with two attached hydrogens (primary N) is 1. The number of methoxy groups -OCH3 is 1. The third kappa shape index (κ3) is 2.47. The maximum absolute atomic E-state index is 11.1. The first-order chi connectivity index (χ1) is 8.24. The van der Waals surface area contributed by atoms with E-state index < -0.39 is 0 Å². The van der Waals surface area contributed by atoms with Crippen molar-refractivity contribution in [3.8, 4) is 0 Å². The van der Waals surface area contributed by atoms with Gasteiger partial charge >= 0.3 is 5.97 Å². The lowest BCUT2D eigenvalue weighted by Crippen LogP contribution is -2.06. The van der Waals surface area contributed by atoms with Crippen LogP contribution in [-0.2, 0) is 22.6 Å². The molecule has 4 nitrogen and oxygen atoms in total. The van der Waals surface area contributed by atoms with Crippen LogP contribution in [0.5, 0.6) is 0 Å². The molecule has 1 aromatic heterocycles. The Morgan fingerprint density at radius 2 is 2.24 bits per heavy atom. The molecule has 0 spiro atoms. The Morgan fingerprint density at radius 3 is 2.94 bits per heavy atom. The lowest BCUT2D eigenvalue weighted by molar-refractivity contribution is -0.140. The van der Waals surface area contributed by atoms with Gasteiger partial charge < -0.3 is 15.0 Å². The van der Waals surface area contributed by atoms with Crippen molar-refractivity contribution < 1.29 is 9.53 Å². The van der Waals surface area contributed by atoms with Gasteiger partial charge in [0, 0.05) is 24.8 Å². The normalized spacial score (nSPS) is 10.7. The second-order valence-electron chi connectivity index (χ2n) is 3.93. The number of carbonyl (C=O) groups excluding carboxylic acids is 1. The molecule has 0 saturated heterocycles. The molecule has 1 heterocycles. The van der Waals surface area contributed by atoms with E-state index in [4.69, 9.17) is 5.73 Å². The van der Waals surface area contributed by atoms with Crippen LogP contribution in [0.1, 0.15) is 12.0 Å². The third-order valence-corrected chi connectivity index (χ3v) is 2.86. The Balaban J connectivity index is 2.21. The summed E-state index contributed by atoms with van der Waals surface area (Å²) < 4.78 is 6.68. The minimum Gasteiger partial charge on any atom is -0.469 e. The lowest BCUT2D eigenvalue weighted by atomic mass is 10.1. The fraction of sp³-hybridized carbons (Fsp3) is 0.308. The predicted octanol–water partition coefficient (Wildman–Crippen LogP) is 1.66. The number of hydrogen-bond acceptors (Lipinski definition) is 3. The first-order valence-electron chi connectivity index (χ1n) is 5.59. The number of esters is 1. The van der Waals surface area contributed by atoms with Crippen LogP contribution in [0.3, 0.4) is 0 Å². The van der Waals surface area contributed by atoms with Gasteiger partial charge in [-0.25, -0.2) is 0 Å². The number of ether oxygens (including phenoxy) is 1. The van der Waals surface area contributed by atoms with E-state index in [1.807, 2.05) is 29.0 Å². The summed E-state index contributed by atoms with van der Waals surface area (Å²) in [5.41, 5.74) is 7.83.